The summed E-state index contributed by atoms with van der Waals surface area (Å²) in [5.41, 5.74) is 0.259. The van der Waals surface area contributed by atoms with Crippen molar-refractivity contribution < 1.29 is 19.1 Å². The summed E-state index contributed by atoms with van der Waals surface area (Å²) >= 11 is 0. The summed E-state index contributed by atoms with van der Waals surface area (Å²) in [6.45, 7) is 3.44. The van der Waals surface area contributed by atoms with Crippen molar-refractivity contribution in [2.75, 3.05) is 6.61 Å². The van der Waals surface area contributed by atoms with E-state index in [2.05, 4.69) is 4.74 Å². The highest BCUT2D eigenvalue weighted by atomic mass is 16.6. The van der Waals surface area contributed by atoms with Gasteiger partial charge < -0.3 is 9.47 Å². The van der Waals surface area contributed by atoms with Gasteiger partial charge in [-0.25, -0.2) is 4.79 Å². The first-order valence-electron chi connectivity index (χ1n) is 4.59. The number of carbonyl (C=O) groups is 2. The maximum Gasteiger partial charge on any atom is 0.349 e. The lowest BCUT2D eigenvalue weighted by atomic mass is 10.2. The minimum Gasteiger partial charge on any atom is -0.493 e. The highest BCUT2D eigenvalue weighted by molar-refractivity contribution is 5.98. The topological polar surface area (TPSA) is 52.6 Å². The highest BCUT2D eigenvalue weighted by Gasteiger charge is 2.14. The molecule has 80 valence electrons. The summed E-state index contributed by atoms with van der Waals surface area (Å²) in [5.74, 6) is -0.899. The van der Waals surface area contributed by atoms with Gasteiger partial charge in [-0.1, -0.05) is 12.1 Å². The Balaban J connectivity index is 2.91. The number of esters is 2. The van der Waals surface area contributed by atoms with E-state index in [9.17, 15) is 9.59 Å². The molecule has 0 aliphatic heterocycles. The van der Waals surface area contributed by atoms with Crippen molar-refractivity contribution in [3.05, 3.63) is 29.8 Å². The lowest BCUT2D eigenvalue weighted by Gasteiger charge is -2.07. The molecule has 0 spiro atoms. The molecule has 4 nitrogen and oxygen atoms in total. The average Bonchev–Trinajstić information content (AvgIpc) is 2.18. The third kappa shape index (κ3) is 3.09. The Morgan fingerprint density at radius 1 is 1.27 bits per heavy atom. The molecule has 0 aliphatic carbocycles. The van der Waals surface area contributed by atoms with Crippen LogP contribution in [0.4, 0.5) is 0 Å². The SMILES string of the molecule is CCOc1ccccc1C(=O)OC(C)=O. The second-order valence-corrected chi connectivity index (χ2v) is 2.81. The molecule has 0 fully saturated rings. The van der Waals surface area contributed by atoms with Crippen LogP contribution in [0.15, 0.2) is 24.3 Å². The molecular formula is C11H12O4. The van der Waals surface area contributed by atoms with E-state index in [4.69, 9.17) is 4.74 Å². The average molecular weight is 208 g/mol. The minimum atomic E-state index is -0.688. The van der Waals surface area contributed by atoms with Crippen molar-refractivity contribution in [2.45, 2.75) is 13.8 Å². The summed E-state index contributed by atoms with van der Waals surface area (Å²) in [7, 11) is 0. The highest BCUT2D eigenvalue weighted by Crippen LogP contribution is 2.18. The van der Waals surface area contributed by atoms with E-state index < -0.39 is 11.9 Å². The van der Waals surface area contributed by atoms with Gasteiger partial charge in [-0.2, -0.15) is 0 Å². The van der Waals surface area contributed by atoms with Gasteiger partial charge in [-0.15, -0.1) is 0 Å². The largest absolute Gasteiger partial charge is 0.493 e. The first kappa shape index (κ1) is 11.2. The summed E-state index contributed by atoms with van der Waals surface area (Å²) < 4.78 is 9.69. The van der Waals surface area contributed by atoms with Crippen molar-refractivity contribution in [3.8, 4) is 5.75 Å². The van der Waals surface area contributed by atoms with Gasteiger partial charge in [0.05, 0.1) is 6.61 Å². The van der Waals surface area contributed by atoms with E-state index in [1.807, 2.05) is 6.92 Å². The zero-order chi connectivity index (χ0) is 11.3. The van der Waals surface area contributed by atoms with Gasteiger partial charge in [0.2, 0.25) is 0 Å². The molecule has 0 aromatic heterocycles. The van der Waals surface area contributed by atoms with Crippen molar-refractivity contribution in [2.24, 2.45) is 0 Å². The number of para-hydroxylation sites is 1. The van der Waals surface area contributed by atoms with Crippen molar-refractivity contribution >= 4 is 11.9 Å². The Hall–Kier alpha value is -1.84. The van der Waals surface area contributed by atoms with E-state index in [1.54, 1.807) is 24.3 Å². The Labute approximate surface area is 87.8 Å². The Kier molecular flexibility index (Phi) is 3.85. The molecule has 0 aliphatic rings. The molecule has 0 heterocycles. The fourth-order valence-corrected chi connectivity index (χ4v) is 1.10. The van der Waals surface area contributed by atoms with E-state index in [0.717, 1.165) is 0 Å². The van der Waals surface area contributed by atoms with Crippen LogP contribution in [0.2, 0.25) is 0 Å². The molecule has 0 N–H and O–H groups in total. The molecule has 15 heavy (non-hydrogen) atoms. The number of benzene rings is 1. The summed E-state index contributed by atoms with van der Waals surface area (Å²) in [6.07, 6.45) is 0. The summed E-state index contributed by atoms with van der Waals surface area (Å²) in [6, 6.07) is 6.63. The van der Waals surface area contributed by atoms with Crippen molar-refractivity contribution in [1.82, 2.24) is 0 Å². The van der Waals surface area contributed by atoms with Gasteiger partial charge in [0.1, 0.15) is 11.3 Å². The summed E-state index contributed by atoms with van der Waals surface area (Å²) in [4.78, 5) is 22.0. The number of ether oxygens (including phenoxy) is 2. The number of hydrogen-bond donors (Lipinski definition) is 0. The second kappa shape index (κ2) is 5.14. The fraction of sp³-hybridized carbons (Fsp3) is 0.273. The van der Waals surface area contributed by atoms with Crippen LogP contribution in [0.3, 0.4) is 0 Å². The van der Waals surface area contributed by atoms with Gasteiger partial charge in [-0.05, 0) is 19.1 Å². The van der Waals surface area contributed by atoms with Gasteiger partial charge in [-0.3, -0.25) is 4.79 Å². The van der Waals surface area contributed by atoms with Crippen LogP contribution in [-0.4, -0.2) is 18.5 Å². The lowest BCUT2D eigenvalue weighted by molar-refractivity contribution is -0.135. The third-order valence-corrected chi connectivity index (χ3v) is 1.64. The molecule has 1 aromatic rings. The predicted octanol–water partition coefficient (Wildman–Crippen LogP) is 1.79. The number of rotatable bonds is 3. The van der Waals surface area contributed by atoms with Crippen molar-refractivity contribution in [1.29, 1.82) is 0 Å². The van der Waals surface area contributed by atoms with E-state index in [-0.39, 0.29) is 5.56 Å². The Morgan fingerprint density at radius 2 is 1.93 bits per heavy atom. The first-order chi connectivity index (χ1) is 7.15. The molecule has 0 amide bonds. The maximum absolute atomic E-state index is 11.4. The molecule has 1 rings (SSSR count). The summed E-state index contributed by atoms with van der Waals surface area (Å²) in [5, 5.41) is 0. The Bertz CT molecular complexity index is 371. The fourth-order valence-electron chi connectivity index (χ4n) is 1.10. The molecule has 1 aromatic carbocycles. The van der Waals surface area contributed by atoms with Crippen LogP contribution in [0.25, 0.3) is 0 Å². The van der Waals surface area contributed by atoms with Gasteiger partial charge in [0.15, 0.2) is 0 Å². The van der Waals surface area contributed by atoms with E-state index >= 15 is 0 Å². The monoisotopic (exact) mass is 208 g/mol. The van der Waals surface area contributed by atoms with Gasteiger partial charge >= 0.3 is 11.9 Å². The molecular weight excluding hydrogens is 196 g/mol. The van der Waals surface area contributed by atoms with E-state index in [1.165, 1.54) is 6.92 Å². The molecule has 0 bridgehead atoms. The zero-order valence-electron chi connectivity index (χ0n) is 8.65. The predicted molar refractivity (Wildman–Crippen MR) is 53.7 cm³/mol. The van der Waals surface area contributed by atoms with Gasteiger partial charge in [0.25, 0.3) is 0 Å². The standard InChI is InChI=1S/C11H12O4/c1-3-14-10-7-5-4-6-9(10)11(13)15-8(2)12/h4-7H,3H2,1-2H3. The quantitative estimate of drug-likeness (QED) is 0.561. The van der Waals surface area contributed by atoms with E-state index in [0.29, 0.717) is 12.4 Å². The lowest BCUT2D eigenvalue weighted by Crippen LogP contribution is -2.11. The number of hydrogen-bond acceptors (Lipinski definition) is 4. The molecule has 0 atom stereocenters. The van der Waals surface area contributed by atoms with Crippen LogP contribution in [0.1, 0.15) is 24.2 Å². The minimum absolute atomic E-state index is 0.259. The molecule has 0 unspecified atom stereocenters. The van der Waals surface area contributed by atoms with Crippen LogP contribution >= 0.6 is 0 Å². The van der Waals surface area contributed by atoms with Crippen LogP contribution < -0.4 is 4.74 Å². The maximum atomic E-state index is 11.4. The third-order valence-electron chi connectivity index (χ3n) is 1.64. The second-order valence-electron chi connectivity index (χ2n) is 2.81. The molecule has 0 saturated heterocycles. The molecule has 0 saturated carbocycles. The smallest absolute Gasteiger partial charge is 0.349 e. The molecule has 4 heteroatoms. The van der Waals surface area contributed by atoms with Crippen LogP contribution in [-0.2, 0) is 9.53 Å². The van der Waals surface area contributed by atoms with Crippen molar-refractivity contribution in [3.63, 3.8) is 0 Å². The Morgan fingerprint density at radius 3 is 2.53 bits per heavy atom. The first-order valence-corrected chi connectivity index (χ1v) is 4.59. The molecule has 0 radical (unpaired) electrons. The van der Waals surface area contributed by atoms with Crippen LogP contribution in [0.5, 0.6) is 5.75 Å². The van der Waals surface area contributed by atoms with Crippen LogP contribution in [0, 0.1) is 0 Å². The zero-order valence-corrected chi connectivity index (χ0v) is 8.65. The normalized spacial score (nSPS) is 9.47. The number of carbonyl (C=O) groups excluding carboxylic acids is 2. The van der Waals surface area contributed by atoms with Gasteiger partial charge in [0, 0.05) is 6.92 Å².